The van der Waals surface area contributed by atoms with Gasteiger partial charge in [-0.2, -0.15) is 0 Å². The van der Waals surface area contributed by atoms with Crippen LogP contribution in [0, 0.1) is 5.92 Å². The predicted molar refractivity (Wildman–Crippen MR) is 65.3 cm³/mol. The molecule has 2 heterocycles. The fourth-order valence-corrected chi connectivity index (χ4v) is 4.53. The zero-order valence-electron chi connectivity index (χ0n) is 10.1. The van der Waals surface area contributed by atoms with E-state index >= 15 is 0 Å². The molecule has 2 aliphatic rings. The second-order valence-corrected chi connectivity index (χ2v) is 7.55. The molecule has 0 saturated carbocycles. The van der Waals surface area contributed by atoms with E-state index in [9.17, 15) is 8.42 Å². The van der Waals surface area contributed by atoms with Crippen molar-refractivity contribution in [1.29, 1.82) is 0 Å². The quantitative estimate of drug-likeness (QED) is 0.767. The minimum absolute atomic E-state index is 0.236. The standard InChI is InChI=1S/C11H22N2O2S/c1-9-3-5-12-11(9)7-13(2)10-4-6-16(14,15)8-10/h9-12H,3-8H2,1-2H3. The monoisotopic (exact) mass is 246 g/mol. The molecule has 2 saturated heterocycles. The van der Waals surface area contributed by atoms with Gasteiger partial charge >= 0.3 is 0 Å². The number of sulfone groups is 1. The Kier molecular flexibility index (Phi) is 3.56. The van der Waals surface area contributed by atoms with Crippen molar-refractivity contribution in [2.24, 2.45) is 5.92 Å². The van der Waals surface area contributed by atoms with Gasteiger partial charge in [-0.3, -0.25) is 0 Å². The third-order valence-electron chi connectivity index (χ3n) is 4.01. The van der Waals surface area contributed by atoms with E-state index in [2.05, 4.69) is 24.2 Å². The predicted octanol–water partition coefficient (Wildman–Crippen LogP) is 0.103. The minimum Gasteiger partial charge on any atom is -0.312 e. The van der Waals surface area contributed by atoms with Gasteiger partial charge < -0.3 is 10.2 Å². The first-order chi connectivity index (χ1) is 7.48. The number of nitrogens with one attached hydrogen (secondary N) is 1. The highest BCUT2D eigenvalue weighted by Crippen LogP contribution is 2.20. The van der Waals surface area contributed by atoms with Gasteiger partial charge in [0.2, 0.25) is 0 Å². The Balaban J connectivity index is 1.86. The molecule has 0 amide bonds. The number of likely N-dealkylation sites (N-methyl/N-ethyl adjacent to an activating group) is 1. The van der Waals surface area contributed by atoms with Crippen molar-refractivity contribution in [2.75, 3.05) is 31.6 Å². The maximum absolute atomic E-state index is 11.4. The second-order valence-electron chi connectivity index (χ2n) is 5.32. The van der Waals surface area contributed by atoms with E-state index in [-0.39, 0.29) is 6.04 Å². The molecule has 2 aliphatic heterocycles. The average molecular weight is 246 g/mol. The smallest absolute Gasteiger partial charge is 0.151 e. The minimum atomic E-state index is -2.75. The van der Waals surface area contributed by atoms with Gasteiger partial charge in [0.1, 0.15) is 0 Å². The van der Waals surface area contributed by atoms with Crippen molar-refractivity contribution in [3.63, 3.8) is 0 Å². The molecule has 16 heavy (non-hydrogen) atoms. The molecule has 2 fully saturated rings. The zero-order chi connectivity index (χ0) is 11.8. The molecule has 3 unspecified atom stereocenters. The SMILES string of the molecule is CC1CCNC1CN(C)C1CCS(=O)(=O)C1. The van der Waals surface area contributed by atoms with E-state index < -0.39 is 9.84 Å². The maximum Gasteiger partial charge on any atom is 0.151 e. The van der Waals surface area contributed by atoms with Crippen LogP contribution < -0.4 is 5.32 Å². The van der Waals surface area contributed by atoms with Crippen molar-refractivity contribution >= 4 is 9.84 Å². The van der Waals surface area contributed by atoms with E-state index in [1.807, 2.05) is 0 Å². The van der Waals surface area contributed by atoms with Crippen LogP contribution in [0.2, 0.25) is 0 Å². The van der Waals surface area contributed by atoms with E-state index in [1.165, 1.54) is 6.42 Å². The molecule has 0 bridgehead atoms. The van der Waals surface area contributed by atoms with Crippen LogP contribution in [-0.4, -0.2) is 57.0 Å². The Morgan fingerprint density at radius 1 is 1.38 bits per heavy atom. The molecule has 3 atom stereocenters. The Bertz CT molecular complexity index is 342. The highest BCUT2D eigenvalue weighted by Gasteiger charge is 2.33. The lowest BCUT2D eigenvalue weighted by atomic mass is 10.0. The van der Waals surface area contributed by atoms with Crippen LogP contribution in [-0.2, 0) is 9.84 Å². The van der Waals surface area contributed by atoms with E-state index in [4.69, 9.17) is 0 Å². The van der Waals surface area contributed by atoms with E-state index in [0.29, 0.717) is 23.5 Å². The van der Waals surface area contributed by atoms with Crippen LogP contribution in [0.4, 0.5) is 0 Å². The largest absolute Gasteiger partial charge is 0.312 e. The van der Waals surface area contributed by atoms with Crippen LogP contribution in [0.15, 0.2) is 0 Å². The number of hydrogen-bond acceptors (Lipinski definition) is 4. The number of hydrogen-bond donors (Lipinski definition) is 1. The summed E-state index contributed by atoms with van der Waals surface area (Å²) >= 11 is 0. The fourth-order valence-electron chi connectivity index (χ4n) is 2.73. The van der Waals surface area contributed by atoms with Gasteiger partial charge in [0.05, 0.1) is 11.5 Å². The summed E-state index contributed by atoms with van der Waals surface area (Å²) in [4.78, 5) is 2.23. The lowest BCUT2D eigenvalue weighted by Crippen LogP contribution is -2.43. The zero-order valence-corrected chi connectivity index (χ0v) is 11.0. The first-order valence-corrected chi connectivity index (χ1v) is 7.94. The van der Waals surface area contributed by atoms with Gasteiger partial charge in [-0.1, -0.05) is 6.92 Å². The van der Waals surface area contributed by atoms with Gasteiger partial charge in [-0.05, 0) is 32.4 Å². The molecule has 0 radical (unpaired) electrons. The molecule has 0 aliphatic carbocycles. The lowest BCUT2D eigenvalue weighted by Gasteiger charge is -2.28. The molecule has 0 aromatic heterocycles. The van der Waals surface area contributed by atoms with Crippen LogP contribution in [0.25, 0.3) is 0 Å². The molecule has 94 valence electrons. The third kappa shape index (κ3) is 2.76. The highest BCUT2D eigenvalue weighted by molar-refractivity contribution is 7.91. The first kappa shape index (κ1) is 12.3. The summed E-state index contributed by atoms with van der Waals surface area (Å²) in [6.07, 6.45) is 2.04. The van der Waals surface area contributed by atoms with Crippen LogP contribution in [0.5, 0.6) is 0 Å². The Labute approximate surface area is 98.3 Å². The highest BCUT2D eigenvalue weighted by atomic mass is 32.2. The molecule has 5 heteroatoms. The van der Waals surface area contributed by atoms with Gasteiger partial charge in [-0.15, -0.1) is 0 Å². The normalized spacial score (nSPS) is 38.3. The summed E-state index contributed by atoms with van der Waals surface area (Å²) in [6.45, 7) is 4.34. The van der Waals surface area contributed by atoms with Crippen molar-refractivity contribution in [3.05, 3.63) is 0 Å². The second kappa shape index (κ2) is 4.63. The summed E-state index contributed by atoms with van der Waals surface area (Å²) in [5.41, 5.74) is 0. The molecule has 1 N–H and O–H groups in total. The summed E-state index contributed by atoms with van der Waals surface area (Å²) < 4.78 is 22.8. The molecule has 0 aromatic carbocycles. The topological polar surface area (TPSA) is 49.4 Å². The average Bonchev–Trinajstić information content (AvgIpc) is 2.74. The molecule has 4 nitrogen and oxygen atoms in total. The van der Waals surface area contributed by atoms with Crippen LogP contribution in [0.1, 0.15) is 19.8 Å². The molecule has 2 rings (SSSR count). The summed E-state index contributed by atoms with van der Waals surface area (Å²) in [6, 6.07) is 0.771. The summed E-state index contributed by atoms with van der Waals surface area (Å²) in [5, 5.41) is 3.49. The van der Waals surface area contributed by atoms with Gasteiger partial charge in [0.25, 0.3) is 0 Å². The Morgan fingerprint density at radius 3 is 2.62 bits per heavy atom. The molecule has 0 aromatic rings. The summed E-state index contributed by atoms with van der Waals surface area (Å²) in [5.74, 6) is 1.43. The van der Waals surface area contributed by atoms with E-state index in [1.54, 1.807) is 0 Å². The van der Waals surface area contributed by atoms with Crippen LogP contribution in [0.3, 0.4) is 0 Å². The third-order valence-corrected chi connectivity index (χ3v) is 5.76. The van der Waals surface area contributed by atoms with E-state index in [0.717, 1.165) is 19.5 Å². The maximum atomic E-state index is 11.4. The Hall–Kier alpha value is -0.130. The van der Waals surface area contributed by atoms with Gasteiger partial charge in [-0.25, -0.2) is 8.42 Å². The van der Waals surface area contributed by atoms with Crippen molar-refractivity contribution < 1.29 is 8.42 Å². The number of rotatable bonds is 3. The molecular weight excluding hydrogens is 224 g/mol. The fraction of sp³-hybridized carbons (Fsp3) is 1.00. The first-order valence-electron chi connectivity index (χ1n) is 6.12. The van der Waals surface area contributed by atoms with Gasteiger partial charge in [0.15, 0.2) is 9.84 Å². The molecule has 0 spiro atoms. The van der Waals surface area contributed by atoms with Crippen molar-refractivity contribution in [3.8, 4) is 0 Å². The van der Waals surface area contributed by atoms with Crippen molar-refractivity contribution in [2.45, 2.75) is 31.8 Å². The Morgan fingerprint density at radius 2 is 2.12 bits per heavy atom. The van der Waals surface area contributed by atoms with Crippen molar-refractivity contribution in [1.82, 2.24) is 10.2 Å². The lowest BCUT2D eigenvalue weighted by molar-refractivity contribution is 0.225. The number of nitrogens with zero attached hydrogens (tertiary/aromatic N) is 1. The van der Waals surface area contributed by atoms with Gasteiger partial charge in [0, 0.05) is 18.6 Å². The van der Waals surface area contributed by atoms with Crippen LogP contribution >= 0.6 is 0 Å². The summed E-state index contributed by atoms with van der Waals surface area (Å²) in [7, 11) is -0.696. The molecular formula is C11H22N2O2S.